The minimum atomic E-state index is -0.808. The van der Waals surface area contributed by atoms with Gasteiger partial charge in [0.1, 0.15) is 12.6 Å². The van der Waals surface area contributed by atoms with Gasteiger partial charge in [-0.1, -0.05) is 17.7 Å². The van der Waals surface area contributed by atoms with Gasteiger partial charge in [0, 0.05) is 11.3 Å². The monoisotopic (exact) mass is 357 g/mol. The second-order valence-electron chi connectivity index (χ2n) is 6.19. The van der Waals surface area contributed by atoms with Gasteiger partial charge in [-0.05, 0) is 45.9 Å². The van der Waals surface area contributed by atoms with E-state index in [9.17, 15) is 14.4 Å². The zero-order chi connectivity index (χ0) is 19.3. The highest BCUT2D eigenvalue weighted by Crippen LogP contribution is 2.04. The molecule has 0 fully saturated rings. The maximum absolute atomic E-state index is 12.1. The number of nitrogens with one attached hydrogen (secondary N) is 3. The molecule has 0 radical (unpaired) electrons. The van der Waals surface area contributed by atoms with Crippen molar-refractivity contribution < 1.29 is 14.4 Å². The number of nitrogens with zero attached hydrogens (tertiary/aromatic N) is 2. The first kappa shape index (κ1) is 19.2. The highest BCUT2D eigenvalue weighted by molar-refractivity contribution is 5.97. The Labute approximate surface area is 151 Å². The summed E-state index contributed by atoms with van der Waals surface area (Å²) in [5.41, 5.74) is 7.70. The molecule has 3 N–H and O–H groups in total. The maximum atomic E-state index is 12.1. The fourth-order valence-corrected chi connectivity index (χ4v) is 2.38. The molecular formula is C18H23N5O3. The molecule has 1 aromatic heterocycles. The summed E-state index contributed by atoms with van der Waals surface area (Å²) in [4.78, 5) is 36.1. The van der Waals surface area contributed by atoms with E-state index in [2.05, 4.69) is 21.3 Å². The third kappa shape index (κ3) is 5.17. The summed E-state index contributed by atoms with van der Waals surface area (Å²) in [6.07, 6.45) is 0. The van der Waals surface area contributed by atoms with E-state index in [1.165, 1.54) is 6.92 Å². The van der Waals surface area contributed by atoms with Crippen molar-refractivity contribution in [1.29, 1.82) is 0 Å². The third-order valence-corrected chi connectivity index (χ3v) is 3.74. The predicted octanol–water partition coefficient (Wildman–Crippen LogP) is 0.774. The molecule has 0 saturated heterocycles. The minimum Gasteiger partial charge on any atom is -0.340 e. The average molecular weight is 357 g/mol. The van der Waals surface area contributed by atoms with Gasteiger partial charge in [-0.25, -0.2) is 0 Å². The van der Waals surface area contributed by atoms with Crippen LogP contribution in [0.5, 0.6) is 0 Å². The quantitative estimate of drug-likeness (QED) is 0.688. The van der Waals surface area contributed by atoms with Gasteiger partial charge in [0.05, 0.1) is 5.69 Å². The Morgan fingerprint density at radius 1 is 1.12 bits per heavy atom. The van der Waals surface area contributed by atoms with Crippen LogP contribution in [-0.4, -0.2) is 33.5 Å². The average Bonchev–Trinajstić information content (AvgIpc) is 2.89. The first-order valence-corrected chi connectivity index (χ1v) is 8.23. The van der Waals surface area contributed by atoms with Crippen molar-refractivity contribution in [3.63, 3.8) is 0 Å². The second-order valence-corrected chi connectivity index (χ2v) is 6.19. The smallest absolute Gasteiger partial charge is 0.260 e. The van der Waals surface area contributed by atoms with Gasteiger partial charge >= 0.3 is 0 Å². The second kappa shape index (κ2) is 8.28. The van der Waals surface area contributed by atoms with Crippen LogP contribution in [0.3, 0.4) is 0 Å². The molecule has 1 aromatic carbocycles. The van der Waals surface area contributed by atoms with Crippen LogP contribution < -0.4 is 16.2 Å². The number of hydrazine groups is 1. The lowest BCUT2D eigenvalue weighted by atomic mass is 10.1. The number of hydrogen-bond donors (Lipinski definition) is 3. The van der Waals surface area contributed by atoms with E-state index in [-0.39, 0.29) is 12.5 Å². The molecule has 0 saturated carbocycles. The largest absolute Gasteiger partial charge is 0.340 e. The van der Waals surface area contributed by atoms with Crippen molar-refractivity contribution in [2.75, 3.05) is 0 Å². The van der Waals surface area contributed by atoms with Gasteiger partial charge in [0.2, 0.25) is 0 Å². The highest BCUT2D eigenvalue weighted by atomic mass is 16.2. The van der Waals surface area contributed by atoms with E-state index >= 15 is 0 Å². The molecule has 0 aliphatic rings. The zero-order valence-corrected chi connectivity index (χ0v) is 15.3. The van der Waals surface area contributed by atoms with Gasteiger partial charge in [-0.15, -0.1) is 0 Å². The zero-order valence-electron chi connectivity index (χ0n) is 15.3. The standard InChI is InChI=1S/C18H23N5O3/c1-11-6-5-7-15(8-11)18(26)19-14(4)17(25)21-20-16(24)10-23-13(3)9-12(2)22-23/h5-9,14H,10H2,1-4H3,(H,19,26)(H,20,24)(H,21,25)/t14-/m0/s1. The maximum Gasteiger partial charge on any atom is 0.260 e. The first-order chi connectivity index (χ1) is 12.3. The number of hydrogen-bond acceptors (Lipinski definition) is 4. The molecule has 3 amide bonds. The summed E-state index contributed by atoms with van der Waals surface area (Å²) in [5, 5.41) is 6.77. The molecule has 1 atom stereocenters. The predicted molar refractivity (Wildman–Crippen MR) is 96.1 cm³/mol. The molecule has 26 heavy (non-hydrogen) atoms. The van der Waals surface area contributed by atoms with E-state index < -0.39 is 17.9 Å². The third-order valence-electron chi connectivity index (χ3n) is 3.74. The lowest BCUT2D eigenvalue weighted by Gasteiger charge is -2.15. The summed E-state index contributed by atoms with van der Waals surface area (Å²) in [6.45, 7) is 7.09. The van der Waals surface area contributed by atoms with Crippen LogP contribution in [0, 0.1) is 20.8 Å². The first-order valence-electron chi connectivity index (χ1n) is 8.23. The number of rotatable bonds is 5. The number of amides is 3. The van der Waals surface area contributed by atoms with Crippen molar-refractivity contribution in [2.24, 2.45) is 0 Å². The summed E-state index contributed by atoms with van der Waals surface area (Å²) < 4.78 is 1.54. The van der Waals surface area contributed by atoms with Crippen molar-refractivity contribution in [1.82, 2.24) is 25.9 Å². The molecule has 2 rings (SSSR count). The number of aromatic nitrogens is 2. The number of aryl methyl sites for hydroxylation is 3. The van der Waals surface area contributed by atoms with E-state index in [1.54, 1.807) is 22.9 Å². The summed E-state index contributed by atoms with van der Waals surface area (Å²) in [7, 11) is 0. The van der Waals surface area contributed by atoms with E-state index in [0.29, 0.717) is 5.56 Å². The molecule has 138 valence electrons. The van der Waals surface area contributed by atoms with E-state index in [0.717, 1.165) is 17.0 Å². The van der Waals surface area contributed by atoms with Gasteiger partial charge in [0.15, 0.2) is 0 Å². The van der Waals surface area contributed by atoms with Crippen LogP contribution in [0.1, 0.15) is 34.2 Å². The molecule has 0 aliphatic carbocycles. The Kier molecular flexibility index (Phi) is 6.11. The van der Waals surface area contributed by atoms with E-state index in [1.807, 2.05) is 32.9 Å². The molecule has 0 aliphatic heterocycles. The number of carbonyl (C=O) groups excluding carboxylic acids is 3. The van der Waals surface area contributed by atoms with Gasteiger partial charge in [-0.3, -0.25) is 29.9 Å². The van der Waals surface area contributed by atoms with Crippen molar-refractivity contribution >= 4 is 17.7 Å². The Hall–Kier alpha value is -3.16. The highest BCUT2D eigenvalue weighted by Gasteiger charge is 2.17. The lowest BCUT2D eigenvalue weighted by Crippen LogP contribution is -2.51. The van der Waals surface area contributed by atoms with Crippen LogP contribution in [0.15, 0.2) is 30.3 Å². The summed E-state index contributed by atoms with van der Waals surface area (Å²) in [6, 6.07) is 8.10. The van der Waals surface area contributed by atoms with Crippen LogP contribution in [0.25, 0.3) is 0 Å². The summed E-state index contributed by atoms with van der Waals surface area (Å²) >= 11 is 0. The fraction of sp³-hybridized carbons (Fsp3) is 0.333. The Balaban J connectivity index is 1.82. The SMILES string of the molecule is Cc1cccc(C(=O)N[C@@H](C)C(=O)NNC(=O)Cn2nc(C)cc2C)c1. The van der Waals surface area contributed by atoms with Gasteiger partial charge < -0.3 is 5.32 Å². The number of carbonyl (C=O) groups is 3. The van der Waals surface area contributed by atoms with Crippen molar-refractivity contribution in [3.8, 4) is 0 Å². The van der Waals surface area contributed by atoms with Gasteiger partial charge in [-0.2, -0.15) is 5.10 Å². The molecule has 0 bridgehead atoms. The Morgan fingerprint density at radius 2 is 1.85 bits per heavy atom. The van der Waals surface area contributed by atoms with Crippen LogP contribution >= 0.6 is 0 Å². The molecule has 8 heteroatoms. The molecule has 1 heterocycles. The topological polar surface area (TPSA) is 105 Å². The fourth-order valence-electron chi connectivity index (χ4n) is 2.38. The van der Waals surface area contributed by atoms with Crippen LogP contribution in [0.4, 0.5) is 0 Å². The molecule has 0 spiro atoms. The normalized spacial score (nSPS) is 11.5. The van der Waals surface area contributed by atoms with Gasteiger partial charge in [0.25, 0.3) is 17.7 Å². The Morgan fingerprint density at radius 3 is 2.46 bits per heavy atom. The van der Waals surface area contributed by atoms with Crippen LogP contribution in [0.2, 0.25) is 0 Å². The summed E-state index contributed by atoms with van der Waals surface area (Å²) in [5.74, 6) is -1.29. The van der Waals surface area contributed by atoms with Crippen LogP contribution in [-0.2, 0) is 16.1 Å². The minimum absolute atomic E-state index is 0.00993. The lowest BCUT2D eigenvalue weighted by molar-refractivity contribution is -0.130. The molecule has 2 aromatic rings. The van der Waals surface area contributed by atoms with E-state index in [4.69, 9.17) is 0 Å². The molecule has 8 nitrogen and oxygen atoms in total. The van der Waals surface area contributed by atoms with Crippen molar-refractivity contribution in [3.05, 3.63) is 52.8 Å². The Bertz CT molecular complexity index is 828. The molecular weight excluding hydrogens is 334 g/mol. The molecule has 0 unspecified atom stereocenters. The number of benzene rings is 1. The van der Waals surface area contributed by atoms with Crippen molar-refractivity contribution in [2.45, 2.75) is 40.3 Å².